The van der Waals surface area contributed by atoms with Gasteiger partial charge in [-0.2, -0.15) is 0 Å². The van der Waals surface area contributed by atoms with Crippen LogP contribution in [-0.4, -0.2) is 12.6 Å². The molecule has 18 heavy (non-hydrogen) atoms. The average molecular weight is 331 g/mol. The minimum atomic E-state index is -0.669. The normalized spacial score (nSPS) is 10.7. The van der Waals surface area contributed by atoms with E-state index < -0.39 is 5.97 Å². The van der Waals surface area contributed by atoms with Gasteiger partial charge in [-0.25, -0.2) is 4.79 Å². The minimum absolute atomic E-state index is 0.109. The van der Waals surface area contributed by atoms with Crippen molar-refractivity contribution < 1.29 is 9.53 Å². The Hall–Kier alpha value is -1.49. The van der Waals surface area contributed by atoms with Gasteiger partial charge in [0.1, 0.15) is 5.70 Å². The molecule has 1 aromatic rings. The second kappa shape index (κ2) is 7.06. The van der Waals surface area contributed by atoms with E-state index in [1.807, 2.05) is 0 Å². The van der Waals surface area contributed by atoms with Crippen LogP contribution in [0.5, 0.6) is 0 Å². The van der Waals surface area contributed by atoms with E-state index in [4.69, 9.17) is 21.9 Å². The van der Waals surface area contributed by atoms with E-state index in [2.05, 4.69) is 26.0 Å². The van der Waals surface area contributed by atoms with Gasteiger partial charge in [-0.1, -0.05) is 38.7 Å². The van der Waals surface area contributed by atoms with Crippen LogP contribution < -0.4 is 0 Å². The van der Waals surface area contributed by atoms with Crippen LogP contribution in [0.1, 0.15) is 12.5 Å². The van der Waals surface area contributed by atoms with Gasteiger partial charge in [0.2, 0.25) is 0 Å². The van der Waals surface area contributed by atoms with Crippen molar-refractivity contribution in [3.8, 4) is 0 Å². The SMILES string of the molecule is CCOC(=O)C(=Cc1ccc(Cl)cc1Br)N=[N+]=[N-]. The monoisotopic (exact) mass is 329 g/mol. The average Bonchev–Trinajstić information content (AvgIpc) is 2.32. The summed E-state index contributed by atoms with van der Waals surface area (Å²) < 4.78 is 5.46. The maximum atomic E-state index is 11.5. The van der Waals surface area contributed by atoms with E-state index in [1.165, 1.54) is 6.08 Å². The number of nitrogens with zero attached hydrogens (tertiary/aromatic N) is 3. The fourth-order valence-corrected chi connectivity index (χ4v) is 1.94. The second-order valence-electron chi connectivity index (χ2n) is 3.11. The molecule has 0 unspecified atom stereocenters. The van der Waals surface area contributed by atoms with Crippen LogP contribution in [0.3, 0.4) is 0 Å². The number of azide groups is 1. The van der Waals surface area contributed by atoms with Crippen molar-refractivity contribution >= 4 is 39.6 Å². The van der Waals surface area contributed by atoms with E-state index in [0.717, 1.165) is 0 Å². The van der Waals surface area contributed by atoms with Crippen LogP contribution in [0, 0.1) is 0 Å². The molecule has 5 nitrogen and oxygen atoms in total. The number of hydrogen-bond donors (Lipinski definition) is 0. The predicted molar refractivity (Wildman–Crippen MR) is 72.9 cm³/mol. The highest BCUT2D eigenvalue weighted by Gasteiger charge is 2.09. The van der Waals surface area contributed by atoms with Gasteiger partial charge in [-0.3, -0.25) is 0 Å². The predicted octanol–water partition coefficient (Wildman–Crippen LogP) is 4.32. The highest BCUT2D eigenvalue weighted by atomic mass is 79.9. The lowest BCUT2D eigenvalue weighted by atomic mass is 10.2. The summed E-state index contributed by atoms with van der Waals surface area (Å²) in [7, 11) is 0. The lowest BCUT2D eigenvalue weighted by Crippen LogP contribution is -2.05. The van der Waals surface area contributed by atoms with Crippen molar-refractivity contribution in [2.45, 2.75) is 6.92 Å². The zero-order valence-corrected chi connectivity index (χ0v) is 11.8. The Kier molecular flexibility index (Phi) is 5.71. The second-order valence-corrected chi connectivity index (χ2v) is 4.40. The fraction of sp³-hybridized carbons (Fsp3) is 0.182. The van der Waals surface area contributed by atoms with Crippen molar-refractivity contribution in [1.29, 1.82) is 0 Å². The van der Waals surface area contributed by atoms with Crippen molar-refractivity contribution in [1.82, 2.24) is 0 Å². The molecule has 7 heteroatoms. The number of halogens is 2. The van der Waals surface area contributed by atoms with E-state index in [1.54, 1.807) is 25.1 Å². The molecular formula is C11H9BrClN3O2. The molecule has 0 heterocycles. The first-order valence-electron chi connectivity index (χ1n) is 4.97. The Morgan fingerprint density at radius 2 is 2.39 bits per heavy atom. The number of hydrogen-bond acceptors (Lipinski definition) is 3. The Balaban J connectivity index is 3.15. The van der Waals surface area contributed by atoms with Crippen LogP contribution in [0.4, 0.5) is 0 Å². The highest BCUT2D eigenvalue weighted by molar-refractivity contribution is 9.10. The highest BCUT2D eigenvalue weighted by Crippen LogP contribution is 2.24. The number of rotatable bonds is 4. The third kappa shape index (κ3) is 4.07. The van der Waals surface area contributed by atoms with E-state index in [-0.39, 0.29) is 12.3 Å². The number of carbonyl (C=O) groups excluding carboxylic acids is 1. The zero-order chi connectivity index (χ0) is 13.5. The molecule has 0 radical (unpaired) electrons. The summed E-state index contributed by atoms with van der Waals surface area (Å²) >= 11 is 9.10. The largest absolute Gasteiger partial charge is 0.462 e. The van der Waals surface area contributed by atoms with E-state index in [0.29, 0.717) is 15.1 Å². The minimum Gasteiger partial charge on any atom is -0.462 e. The molecule has 0 aliphatic heterocycles. The Morgan fingerprint density at radius 1 is 1.67 bits per heavy atom. The smallest absolute Gasteiger partial charge is 0.340 e. The van der Waals surface area contributed by atoms with Gasteiger partial charge in [0.15, 0.2) is 0 Å². The van der Waals surface area contributed by atoms with Crippen molar-refractivity contribution in [3.63, 3.8) is 0 Å². The van der Waals surface area contributed by atoms with Gasteiger partial charge < -0.3 is 4.74 Å². The van der Waals surface area contributed by atoms with Crippen LogP contribution in [0.25, 0.3) is 16.5 Å². The summed E-state index contributed by atoms with van der Waals surface area (Å²) in [5.74, 6) is -0.669. The van der Waals surface area contributed by atoms with Crippen LogP contribution in [0.15, 0.2) is 33.5 Å². The lowest BCUT2D eigenvalue weighted by molar-refractivity contribution is -0.138. The molecule has 0 N–H and O–H groups in total. The van der Waals surface area contributed by atoms with Crippen LogP contribution >= 0.6 is 27.5 Å². The summed E-state index contributed by atoms with van der Waals surface area (Å²) in [6.07, 6.45) is 1.43. The maximum absolute atomic E-state index is 11.5. The molecular weight excluding hydrogens is 321 g/mol. The molecule has 0 bridgehead atoms. The topological polar surface area (TPSA) is 75.1 Å². The van der Waals surface area contributed by atoms with Gasteiger partial charge in [-0.15, -0.1) is 0 Å². The van der Waals surface area contributed by atoms with Gasteiger partial charge >= 0.3 is 5.97 Å². The van der Waals surface area contributed by atoms with E-state index in [9.17, 15) is 4.79 Å². The first-order chi connectivity index (χ1) is 8.58. The Morgan fingerprint density at radius 3 is 2.94 bits per heavy atom. The standard InChI is InChI=1S/C11H9BrClN3O2/c1-2-18-11(17)10(15-16-14)5-7-3-4-8(13)6-9(7)12/h3-6H,2H2,1H3. The van der Waals surface area contributed by atoms with Gasteiger partial charge in [0, 0.05) is 14.4 Å². The van der Waals surface area contributed by atoms with Crippen LogP contribution in [0.2, 0.25) is 5.02 Å². The third-order valence-corrected chi connectivity index (χ3v) is 2.81. The molecule has 1 rings (SSSR count). The summed E-state index contributed by atoms with van der Waals surface area (Å²) in [6.45, 7) is 1.88. The molecule has 0 aromatic heterocycles. The molecule has 0 saturated heterocycles. The van der Waals surface area contributed by atoms with Gasteiger partial charge in [-0.05, 0) is 36.2 Å². The first-order valence-corrected chi connectivity index (χ1v) is 6.14. The van der Waals surface area contributed by atoms with Crippen molar-refractivity contribution in [2.24, 2.45) is 5.11 Å². The maximum Gasteiger partial charge on any atom is 0.340 e. The number of carbonyl (C=O) groups is 1. The quantitative estimate of drug-likeness (QED) is 0.271. The third-order valence-electron chi connectivity index (χ3n) is 1.89. The number of ether oxygens (including phenoxy) is 1. The van der Waals surface area contributed by atoms with Crippen molar-refractivity contribution in [3.05, 3.63) is 49.4 Å². The Labute approximate surface area is 117 Å². The summed E-state index contributed by atoms with van der Waals surface area (Å²) in [5, 5.41) is 3.87. The Bertz CT molecular complexity index is 539. The molecule has 0 saturated carbocycles. The number of benzene rings is 1. The van der Waals surface area contributed by atoms with E-state index >= 15 is 0 Å². The molecule has 0 fully saturated rings. The van der Waals surface area contributed by atoms with Gasteiger partial charge in [0.05, 0.1) is 6.61 Å². The van der Waals surface area contributed by atoms with Crippen LogP contribution in [-0.2, 0) is 9.53 Å². The molecule has 0 amide bonds. The molecule has 0 spiro atoms. The molecule has 0 atom stereocenters. The lowest BCUT2D eigenvalue weighted by Gasteiger charge is -2.03. The van der Waals surface area contributed by atoms with Crippen molar-refractivity contribution in [2.75, 3.05) is 6.61 Å². The molecule has 94 valence electrons. The van der Waals surface area contributed by atoms with Gasteiger partial charge in [0.25, 0.3) is 0 Å². The molecule has 0 aliphatic carbocycles. The summed E-state index contributed by atoms with van der Waals surface area (Å²) in [6, 6.07) is 5.03. The first kappa shape index (κ1) is 14.6. The molecule has 0 aliphatic rings. The fourth-order valence-electron chi connectivity index (χ4n) is 1.15. The summed E-state index contributed by atoms with van der Waals surface area (Å²) in [4.78, 5) is 14.1. The molecule has 1 aromatic carbocycles. The number of esters is 1. The summed E-state index contributed by atoms with van der Waals surface area (Å²) in [5.41, 5.74) is 8.98. The zero-order valence-electron chi connectivity index (χ0n) is 9.43.